The molecule has 140 valence electrons. The van der Waals surface area contributed by atoms with E-state index in [1.807, 2.05) is 59.3 Å². The molecule has 1 amide bonds. The van der Waals surface area contributed by atoms with Gasteiger partial charge in [0.1, 0.15) is 0 Å². The molecule has 1 aliphatic rings. The summed E-state index contributed by atoms with van der Waals surface area (Å²) in [4.78, 5) is 23.4. The minimum Gasteiger partial charge on any atom is -0.353 e. The number of hydrogen-bond donors (Lipinski definition) is 1. The normalized spacial score (nSPS) is 16.6. The second-order valence-electron chi connectivity index (χ2n) is 6.75. The first-order valence-electron chi connectivity index (χ1n) is 9.14. The fraction of sp³-hybridized carbons (Fsp3) is 0.200. The van der Waals surface area contributed by atoms with Crippen LogP contribution in [0.2, 0.25) is 0 Å². The Balaban J connectivity index is 1.27. The average molecular weight is 374 g/mol. The van der Waals surface area contributed by atoms with E-state index < -0.39 is 0 Å². The highest BCUT2D eigenvalue weighted by Gasteiger charge is 2.27. The highest BCUT2D eigenvalue weighted by atomic mass is 16.5. The van der Waals surface area contributed by atoms with Gasteiger partial charge in [-0.25, -0.2) is 4.98 Å². The molecule has 0 unspecified atom stereocenters. The number of carbonyl (C=O) groups excluding carboxylic acids is 1. The Kier molecular flexibility index (Phi) is 4.01. The number of fused-ring (bicyclic) bond motifs is 1. The van der Waals surface area contributed by atoms with Crippen LogP contribution >= 0.6 is 0 Å². The van der Waals surface area contributed by atoms with Crippen molar-refractivity contribution in [1.82, 2.24) is 24.8 Å². The SMILES string of the molecule is O=C(N[C@H]1CCN(c2nccn3cccc23)C1)c1noc(-c2ccccc2)n1. The highest BCUT2D eigenvalue weighted by molar-refractivity contribution is 5.91. The van der Waals surface area contributed by atoms with Gasteiger partial charge in [0.25, 0.3) is 17.6 Å². The van der Waals surface area contributed by atoms with Gasteiger partial charge in [0.15, 0.2) is 5.82 Å². The van der Waals surface area contributed by atoms with Crippen molar-refractivity contribution >= 4 is 17.2 Å². The van der Waals surface area contributed by atoms with Crippen molar-refractivity contribution in [2.24, 2.45) is 0 Å². The molecule has 3 aromatic heterocycles. The number of nitrogens with one attached hydrogen (secondary N) is 1. The van der Waals surface area contributed by atoms with E-state index in [1.165, 1.54) is 0 Å². The molecule has 1 fully saturated rings. The van der Waals surface area contributed by atoms with Gasteiger partial charge in [-0.2, -0.15) is 4.98 Å². The molecule has 8 nitrogen and oxygen atoms in total. The van der Waals surface area contributed by atoms with Crippen LogP contribution in [0.15, 0.2) is 65.6 Å². The number of carbonyl (C=O) groups is 1. The largest absolute Gasteiger partial charge is 0.353 e. The summed E-state index contributed by atoms with van der Waals surface area (Å²) in [5.74, 6) is 0.980. The van der Waals surface area contributed by atoms with Crippen molar-refractivity contribution in [3.8, 4) is 11.5 Å². The number of aromatic nitrogens is 4. The van der Waals surface area contributed by atoms with Gasteiger partial charge in [-0.1, -0.05) is 23.4 Å². The minimum absolute atomic E-state index is 0.00296. The molecule has 8 heteroatoms. The fourth-order valence-corrected chi connectivity index (χ4v) is 3.53. The highest BCUT2D eigenvalue weighted by Crippen LogP contribution is 2.23. The lowest BCUT2D eigenvalue weighted by atomic mass is 10.2. The van der Waals surface area contributed by atoms with Gasteiger partial charge in [-0.15, -0.1) is 0 Å². The molecule has 1 saturated heterocycles. The van der Waals surface area contributed by atoms with Gasteiger partial charge in [0.2, 0.25) is 0 Å². The van der Waals surface area contributed by atoms with E-state index in [-0.39, 0.29) is 17.8 Å². The van der Waals surface area contributed by atoms with E-state index in [2.05, 4.69) is 25.3 Å². The van der Waals surface area contributed by atoms with Crippen LogP contribution in [0.1, 0.15) is 17.0 Å². The van der Waals surface area contributed by atoms with Crippen LogP contribution in [0.5, 0.6) is 0 Å². The molecule has 0 saturated carbocycles. The first kappa shape index (κ1) is 16.5. The topological polar surface area (TPSA) is 88.6 Å². The second-order valence-corrected chi connectivity index (χ2v) is 6.75. The number of anilines is 1. The molecule has 1 aliphatic heterocycles. The monoisotopic (exact) mass is 374 g/mol. The van der Waals surface area contributed by atoms with Crippen LogP contribution in [-0.2, 0) is 0 Å². The van der Waals surface area contributed by atoms with Gasteiger partial charge in [0.05, 0.1) is 5.52 Å². The van der Waals surface area contributed by atoms with Crippen molar-refractivity contribution in [1.29, 1.82) is 0 Å². The summed E-state index contributed by atoms with van der Waals surface area (Å²) < 4.78 is 7.26. The Morgan fingerprint density at radius 3 is 2.93 bits per heavy atom. The van der Waals surface area contributed by atoms with Crippen LogP contribution in [0.25, 0.3) is 17.0 Å². The van der Waals surface area contributed by atoms with Gasteiger partial charge >= 0.3 is 0 Å². The third-order valence-electron chi connectivity index (χ3n) is 4.90. The molecule has 0 spiro atoms. The summed E-state index contributed by atoms with van der Waals surface area (Å²) in [5.41, 5.74) is 1.84. The molecule has 0 bridgehead atoms. The van der Waals surface area contributed by atoms with Gasteiger partial charge in [-0.3, -0.25) is 4.79 Å². The number of rotatable bonds is 4. The van der Waals surface area contributed by atoms with Gasteiger partial charge in [-0.05, 0) is 30.7 Å². The van der Waals surface area contributed by atoms with Crippen LogP contribution in [0, 0.1) is 0 Å². The lowest BCUT2D eigenvalue weighted by Crippen LogP contribution is -2.37. The Morgan fingerprint density at radius 2 is 2.04 bits per heavy atom. The number of benzene rings is 1. The number of nitrogens with zero attached hydrogens (tertiary/aromatic N) is 5. The maximum Gasteiger partial charge on any atom is 0.292 e. The molecule has 1 atom stereocenters. The maximum atomic E-state index is 12.5. The molecule has 28 heavy (non-hydrogen) atoms. The maximum absolute atomic E-state index is 12.5. The molecule has 0 radical (unpaired) electrons. The molecule has 1 N–H and O–H groups in total. The quantitative estimate of drug-likeness (QED) is 0.590. The predicted octanol–water partition coefficient (Wildman–Crippen LogP) is 2.39. The molecule has 5 rings (SSSR count). The summed E-state index contributed by atoms with van der Waals surface area (Å²) in [7, 11) is 0. The molecule has 4 aromatic rings. The summed E-state index contributed by atoms with van der Waals surface area (Å²) in [6.45, 7) is 1.51. The predicted molar refractivity (Wildman–Crippen MR) is 103 cm³/mol. The first-order chi connectivity index (χ1) is 13.8. The van der Waals surface area contributed by atoms with E-state index in [4.69, 9.17) is 4.52 Å². The zero-order valence-electron chi connectivity index (χ0n) is 15.0. The minimum atomic E-state index is -0.327. The summed E-state index contributed by atoms with van der Waals surface area (Å²) >= 11 is 0. The second kappa shape index (κ2) is 6.80. The van der Waals surface area contributed by atoms with E-state index in [9.17, 15) is 4.79 Å². The molecule has 0 aliphatic carbocycles. The Bertz CT molecular complexity index is 1120. The molecular formula is C20H18N6O2. The molecular weight excluding hydrogens is 356 g/mol. The van der Waals surface area contributed by atoms with Crippen LogP contribution < -0.4 is 10.2 Å². The van der Waals surface area contributed by atoms with Crippen molar-refractivity contribution in [3.63, 3.8) is 0 Å². The van der Waals surface area contributed by atoms with Crippen molar-refractivity contribution < 1.29 is 9.32 Å². The van der Waals surface area contributed by atoms with E-state index >= 15 is 0 Å². The van der Waals surface area contributed by atoms with Gasteiger partial charge in [0, 0.05) is 43.3 Å². The van der Waals surface area contributed by atoms with Crippen LogP contribution in [0.3, 0.4) is 0 Å². The van der Waals surface area contributed by atoms with Crippen molar-refractivity contribution in [2.75, 3.05) is 18.0 Å². The lowest BCUT2D eigenvalue weighted by Gasteiger charge is -2.18. The summed E-state index contributed by atoms with van der Waals surface area (Å²) in [6.07, 6.45) is 6.54. The van der Waals surface area contributed by atoms with E-state index in [0.717, 1.165) is 29.9 Å². The number of amides is 1. The van der Waals surface area contributed by atoms with E-state index in [0.29, 0.717) is 12.4 Å². The standard InChI is InChI=1S/C20H18N6O2/c27-19(17-23-20(28-24-17)14-5-2-1-3-6-14)22-15-8-11-26(13-15)18-16-7-4-10-25(16)12-9-21-18/h1-7,9-10,12,15H,8,11,13H2,(H,22,27)/t15-/m0/s1. The molecule has 4 heterocycles. The zero-order valence-corrected chi connectivity index (χ0v) is 15.0. The van der Waals surface area contributed by atoms with Crippen LogP contribution in [0.4, 0.5) is 5.82 Å². The summed E-state index contributed by atoms with van der Waals surface area (Å²) in [5, 5.41) is 6.82. The number of hydrogen-bond acceptors (Lipinski definition) is 6. The Morgan fingerprint density at radius 1 is 1.14 bits per heavy atom. The lowest BCUT2D eigenvalue weighted by molar-refractivity contribution is 0.0927. The fourth-order valence-electron chi connectivity index (χ4n) is 3.53. The average Bonchev–Trinajstić information content (AvgIpc) is 3.48. The smallest absolute Gasteiger partial charge is 0.292 e. The Hall–Kier alpha value is -3.68. The third-order valence-corrected chi connectivity index (χ3v) is 4.90. The third kappa shape index (κ3) is 2.98. The zero-order chi connectivity index (χ0) is 18.9. The van der Waals surface area contributed by atoms with Crippen molar-refractivity contribution in [3.05, 3.63) is 66.9 Å². The summed E-state index contributed by atoms with van der Waals surface area (Å²) in [6, 6.07) is 13.4. The molecule has 1 aromatic carbocycles. The van der Waals surface area contributed by atoms with Crippen molar-refractivity contribution in [2.45, 2.75) is 12.5 Å². The van der Waals surface area contributed by atoms with E-state index in [1.54, 1.807) is 6.20 Å². The van der Waals surface area contributed by atoms with Gasteiger partial charge < -0.3 is 19.1 Å². The van der Waals surface area contributed by atoms with Crippen LogP contribution in [-0.4, -0.2) is 44.6 Å². The Labute approximate surface area is 160 Å². The first-order valence-corrected chi connectivity index (χ1v) is 9.14.